The lowest BCUT2D eigenvalue weighted by atomic mass is 9.97. The monoisotopic (exact) mass is 211 g/mol. The van der Waals surface area contributed by atoms with Gasteiger partial charge in [0, 0.05) is 18.3 Å². The van der Waals surface area contributed by atoms with E-state index in [4.69, 9.17) is 12.2 Å². The lowest BCUT2D eigenvalue weighted by molar-refractivity contribution is -0.122. The molecule has 0 spiro atoms. The summed E-state index contributed by atoms with van der Waals surface area (Å²) < 4.78 is 0. The van der Waals surface area contributed by atoms with E-state index in [1.807, 2.05) is 12.2 Å². The number of hydrogen-bond donors (Lipinski definition) is 2. The second-order valence-corrected chi connectivity index (χ2v) is 3.56. The van der Waals surface area contributed by atoms with Crippen LogP contribution < -0.4 is 5.32 Å². The van der Waals surface area contributed by atoms with Gasteiger partial charge in [-0.05, 0) is 5.57 Å². The van der Waals surface area contributed by atoms with Crippen LogP contribution in [0.15, 0.2) is 23.8 Å². The highest BCUT2D eigenvalue weighted by atomic mass is 32.1. The predicted molar refractivity (Wildman–Crippen MR) is 59.1 cm³/mol. The Morgan fingerprint density at radius 3 is 3.07 bits per heavy atom. The number of thiocarbonyl (C=S) groups is 1. The van der Waals surface area contributed by atoms with Crippen LogP contribution in [-0.2, 0) is 4.79 Å². The van der Waals surface area contributed by atoms with E-state index >= 15 is 0 Å². The fourth-order valence-corrected chi connectivity index (χ4v) is 1.54. The maximum Gasteiger partial charge on any atom is 0.222 e. The van der Waals surface area contributed by atoms with Crippen LogP contribution in [0.4, 0.5) is 0 Å². The van der Waals surface area contributed by atoms with E-state index in [2.05, 4.69) is 5.32 Å². The number of allylic oxidation sites excluding steroid dienone is 3. The number of rotatable bonds is 3. The number of carbonyl (C=O) groups excluding carboxylic acids is 1. The van der Waals surface area contributed by atoms with Gasteiger partial charge >= 0.3 is 0 Å². The van der Waals surface area contributed by atoms with Gasteiger partial charge in [0.05, 0.1) is 12.5 Å². The third-order valence-electron chi connectivity index (χ3n) is 2.05. The molecule has 1 aliphatic carbocycles. The molecule has 2 N–H and O–H groups in total. The molecule has 0 fully saturated rings. The number of nitrogens with one attached hydrogen (secondary N) is 1. The molecular weight excluding hydrogens is 198 g/mol. The minimum absolute atomic E-state index is 0.0658. The van der Waals surface area contributed by atoms with Crippen molar-refractivity contribution in [3.63, 3.8) is 0 Å². The topological polar surface area (TPSA) is 49.3 Å². The number of amides is 1. The second kappa shape index (κ2) is 5.02. The van der Waals surface area contributed by atoms with Crippen molar-refractivity contribution in [2.75, 3.05) is 7.05 Å². The molecule has 0 saturated carbocycles. The SMILES string of the molecule is CNC(=O)C[C@@H](O)C1=CC=CCC1=S. The van der Waals surface area contributed by atoms with Gasteiger partial charge in [-0.15, -0.1) is 0 Å². The molecule has 0 radical (unpaired) electrons. The van der Waals surface area contributed by atoms with Crippen LogP contribution >= 0.6 is 12.2 Å². The van der Waals surface area contributed by atoms with Gasteiger partial charge in [-0.1, -0.05) is 30.4 Å². The van der Waals surface area contributed by atoms with Crippen molar-refractivity contribution in [2.24, 2.45) is 0 Å². The first-order valence-electron chi connectivity index (χ1n) is 4.43. The summed E-state index contributed by atoms with van der Waals surface area (Å²) in [5, 5.41) is 12.2. The van der Waals surface area contributed by atoms with Gasteiger partial charge < -0.3 is 10.4 Å². The van der Waals surface area contributed by atoms with Crippen LogP contribution in [0.25, 0.3) is 0 Å². The minimum atomic E-state index is -0.785. The minimum Gasteiger partial charge on any atom is -0.388 e. The fraction of sp³-hybridized carbons (Fsp3) is 0.400. The third kappa shape index (κ3) is 2.75. The highest BCUT2D eigenvalue weighted by Gasteiger charge is 2.18. The van der Waals surface area contributed by atoms with E-state index in [-0.39, 0.29) is 12.3 Å². The molecule has 14 heavy (non-hydrogen) atoms. The molecule has 0 aromatic rings. The fourth-order valence-electron chi connectivity index (χ4n) is 1.24. The standard InChI is InChI=1S/C10H13NO2S/c1-11-10(13)6-8(12)7-4-2-3-5-9(7)14/h2-4,8,12H,5-6H2,1H3,(H,11,13)/t8-/m1/s1. The molecule has 0 aromatic heterocycles. The molecular formula is C10H13NO2S. The maximum atomic E-state index is 11.0. The Morgan fingerprint density at radius 1 is 1.79 bits per heavy atom. The van der Waals surface area contributed by atoms with Gasteiger partial charge in [-0.2, -0.15) is 0 Å². The Balaban J connectivity index is 2.63. The summed E-state index contributed by atoms with van der Waals surface area (Å²) in [6, 6.07) is 0. The Kier molecular flexibility index (Phi) is 3.98. The zero-order chi connectivity index (χ0) is 10.6. The van der Waals surface area contributed by atoms with E-state index in [9.17, 15) is 9.90 Å². The Labute approximate surface area is 88.5 Å². The van der Waals surface area contributed by atoms with Crippen molar-refractivity contribution < 1.29 is 9.90 Å². The Bertz CT molecular complexity index is 307. The molecule has 1 amide bonds. The highest BCUT2D eigenvalue weighted by Crippen LogP contribution is 2.16. The second-order valence-electron chi connectivity index (χ2n) is 3.07. The van der Waals surface area contributed by atoms with Gasteiger partial charge in [-0.3, -0.25) is 4.79 Å². The number of carbonyl (C=O) groups is 1. The molecule has 76 valence electrons. The summed E-state index contributed by atoms with van der Waals surface area (Å²) in [7, 11) is 1.54. The first kappa shape index (κ1) is 11.1. The number of hydrogen-bond acceptors (Lipinski definition) is 3. The predicted octanol–water partition coefficient (Wildman–Crippen LogP) is 0.740. The molecule has 1 aliphatic rings. The van der Waals surface area contributed by atoms with Crippen LogP contribution in [0, 0.1) is 0 Å². The molecule has 0 bridgehead atoms. The summed E-state index contributed by atoms with van der Waals surface area (Å²) in [6.45, 7) is 0. The lowest BCUT2D eigenvalue weighted by Crippen LogP contribution is -2.27. The molecule has 1 rings (SSSR count). The number of aliphatic hydroxyl groups is 1. The highest BCUT2D eigenvalue weighted by molar-refractivity contribution is 7.80. The molecule has 0 saturated heterocycles. The lowest BCUT2D eigenvalue weighted by Gasteiger charge is -2.16. The Morgan fingerprint density at radius 2 is 2.50 bits per heavy atom. The quantitative estimate of drug-likeness (QED) is 0.677. The average molecular weight is 211 g/mol. The normalized spacial score (nSPS) is 17.6. The molecule has 4 heteroatoms. The van der Waals surface area contributed by atoms with Crippen molar-refractivity contribution in [1.82, 2.24) is 5.32 Å². The molecule has 1 atom stereocenters. The van der Waals surface area contributed by atoms with Crippen LogP contribution in [0.3, 0.4) is 0 Å². The Hall–Kier alpha value is -1.00. The molecule has 0 unspecified atom stereocenters. The zero-order valence-corrected chi connectivity index (χ0v) is 8.80. The first-order chi connectivity index (χ1) is 6.65. The van der Waals surface area contributed by atoms with Gasteiger partial charge in [0.25, 0.3) is 0 Å². The van der Waals surface area contributed by atoms with Crippen molar-refractivity contribution in [1.29, 1.82) is 0 Å². The summed E-state index contributed by atoms with van der Waals surface area (Å²) in [6.07, 6.45) is 5.49. The van der Waals surface area contributed by atoms with E-state index in [1.54, 1.807) is 13.1 Å². The van der Waals surface area contributed by atoms with Crippen LogP contribution in [0.2, 0.25) is 0 Å². The third-order valence-corrected chi connectivity index (χ3v) is 2.46. The summed E-state index contributed by atoms with van der Waals surface area (Å²) >= 11 is 5.08. The van der Waals surface area contributed by atoms with Gasteiger partial charge in [0.1, 0.15) is 0 Å². The van der Waals surface area contributed by atoms with Crippen LogP contribution in [0.1, 0.15) is 12.8 Å². The molecule has 0 aliphatic heterocycles. The largest absolute Gasteiger partial charge is 0.388 e. The number of aliphatic hydroxyl groups excluding tert-OH is 1. The summed E-state index contributed by atoms with van der Waals surface area (Å²) in [4.78, 5) is 11.7. The molecule has 0 heterocycles. The van der Waals surface area contributed by atoms with Crippen molar-refractivity contribution >= 4 is 23.0 Å². The van der Waals surface area contributed by atoms with E-state index in [1.165, 1.54) is 0 Å². The van der Waals surface area contributed by atoms with E-state index in [0.29, 0.717) is 16.9 Å². The van der Waals surface area contributed by atoms with Gasteiger partial charge in [0.15, 0.2) is 0 Å². The summed E-state index contributed by atoms with van der Waals surface area (Å²) in [5.41, 5.74) is 0.686. The van der Waals surface area contributed by atoms with Gasteiger partial charge in [-0.25, -0.2) is 0 Å². The summed E-state index contributed by atoms with van der Waals surface area (Å²) in [5.74, 6) is -0.184. The van der Waals surface area contributed by atoms with E-state index in [0.717, 1.165) is 0 Å². The van der Waals surface area contributed by atoms with Crippen molar-refractivity contribution in [3.8, 4) is 0 Å². The van der Waals surface area contributed by atoms with Crippen molar-refractivity contribution in [2.45, 2.75) is 18.9 Å². The first-order valence-corrected chi connectivity index (χ1v) is 4.84. The molecule has 0 aromatic carbocycles. The molecule has 3 nitrogen and oxygen atoms in total. The zero-order valence-electron chi connectivity index (χ0n) is 7.99. The van der Waals surface area contributed by atoms with Crippen LogP contribution in [-0.4, -0.2) is 29.0 Å². The average Bonchev–Trinajstić information content (AvgIpc) is 2.18. The maximum absolute atomic E-state index is 11.0. The van der Waals surface area contributed by atoms with Gasteiger partial charge in [0.2, 0.25) is 5.91 Å². The van der Waals surface area contributed by atoms with Crippen LogP contribution in [0.5, 0.6) is 0 Å². The smallest absolute Gasteiger partial charge is 0.222 e. The van der Waals surface area contributed by atoms with E-state index < -0.39 is 6.10 Å². The van der Waals surface area contributed by atoms with Crippen molar-refractivity contribution in [3.05, 3.63) is 23.8 Å².